The normalized spacial score (nSPS) is 13.2. The first-order valence-corrected chi connectivity index (χ1v) is 7.26. The molecule has 104 valence electrons. The molecule has 0 bridgehead atoms. The summed E-state index contributed by atoms with van der Waals surface area (Å²) >= 11 is 0. The van der Waals surface area contributed by atoms with Crippen LogP contribution in [0.3, 0.4) is 0 Å². The molecule has 0 saturated heterocycles. The minimum Gasteiger partial charge on any atom is -0.480 e. The molecule has 0 spiro atoms. The molecule has 0 aromatic heterocycles. The Balaban J connectivity index is 0. The van der Waals surface area contributed by atoms with Crippen LogP contribution in [0.4, 0.5) is 0 Å². The molecule has 0 saturated carbocycles. The second-order valence-electron chi connectivity index (χ2n) is 3.97. The van der Waals surface area contributed by atoms with Crippen LogP contribution in [0.25, 0.3) is 0 Å². The highest BCUT2D eigenvalue weighted by Crippen LogP contribution is 2.16. The van der Waals surface area contributed by atoms with E-state index in [0.29, 0.717) is 12.8 Å². The highest BCUT2D eigenvalue weighted by Gasteiger charge is 2.28. The SMILES string of the molecule is CCCC(CCC)S(=O)(=O)C[C@H](N)C(=O)O.Cl. The Hall–Kier alpha value is -0.330. The number of nitrogens with two attached hydrogens (primary N) is 1. The third kappa shape index (κ3) is 6.85. The smallest absolute Gasteiger partial charge is 0.321 e. The van der Waals surface area contributed by atoms with Crippen molar-refractivity contribution in [2.75, 3.05) is 5.75 Å². The molecule has 0 unspecified atom stereocenters. The van der Waals surface area contributed by atoms with Crippen molar-refractivity contribution in [1.29, 1.82) is 0 Å². The van der Waals surface area contributed by atoms with E-state index >= 15 is 0 Å². The molecule has 0 aliphatic carbocycles. The van der Waals surface area contributed by atoms with E-state index in [-0.39, 0.29) is 12.4 Å². The standard InChI is InChI=1S/C10H21NO4S.ClH/c1-3-5-8(6-4-2)16(14,15)7-9(11)10(12)13;/h8-9H,3-7,11H2,1-2H3,(H,12,13);1H/t9-;/m0./s1. The monoisotopic (exact) mass is 287 g/mol. The van der Waals surface area contributed by atoms with E-state index in [1.807, 2.05) is 13.8 Å². The maximum atomic E-state index is 11.9. The van der Waals surface area contributed by atoms with Crippen molar-refractivity contribution >= 4 is 28.2 Å². The summed E-state index contributed by atoms with van der Waals surface area (Å²) < 4.78 is 23.8. The molecule has 3 N–H and O–H groups in total. The van der Waals surface area contributed by atoms with E-state index in [2.05, 4.69) is 0 Å². The summed E-state index contributed by atoms with van der Waals surface area (Å²) in [5, 5.41) is 8.15. The van der Waals surface area contributed by atoms with Gasteiger partial charge in [-0.05, 0) is 12.8 Å². The zero-order valence-corrected chi connectivity index (χ0v) is 11.9. The van der Waals surface area contributed by atoms with E-state index in [1.165, 1.54) is 0 Å². The molecule has 0 aromatic rings. The Kier molecular flexibility index (Phi) is 9.75. The summed E-state index contributed by atoms with van der Waals surface area (Å²) in [5.74, 6) is -1.73. The molecule has 1 atom stereocenters. The molecular formula is C10H22ClNO4S. The van der Waals surface area contributed by atoms with Gasteiger partial charge in [0.25, 0.3) is 0 Å². The first kappa shape index (κ1) is 19.0. The number of aliphatic carboxylic acids is 1. The quantitative estimate of drug-likeness (QED) is 0.699. The topological polar surface area (TPSA) is 97.5 Å². The number of carboxylic acids is 1. The number of carboxylic acid groups (broad SMARTS) is 1. The van der Waals surface area contributed by atoms with Gasteiger partial charge in [-0.15, -0.1) is 12.4 Å². The average Bonchev–Trinajstić information content (AvgIpc) is 2.16. The Morgan fingerprint density at radius 2 is 1.65 bits per heavy atom. The summed E-state index contributed by atoms with van der Waals surface area (Å²) in [6.45, 7) is 3.82. The van der Waals surface area contributed by atoms with Gasteiger partial charge in [-0.1, -0.05) is 26.7 Å². The van der Waals surface area contributed by atoms with Gasteiger partial charge in [0.15, 0.2) is 9.84 Å². The number of halogens is 1. The third-order valence-electron chi connectivity index (χ3n) is 2.46. The third-order valence-corrected chi connectivity index (χ3v) is 4.77. The largest absolute Gasteiger partial charge is 0.480 e. The van der Waals surface area contributed by atoms with Crippen molar-refractivity contribution in [2.45, 2.75) is 50.8 Å². The van der Waals surface area contributed by atoms with Gasteiger partial charge in [-0.25, -0.2) is 8.42 Å². The second kappa shape index (κ2) is 8.72. The summed E-state index contributed by atoms with van der Waals surface area (Å²) in [7, 11) is -3.40. The van der Waals surface area contributed by atoms with Crippen LogP contribution < -0.4 is 5.73 Å². The zero-order valence-electron chi connectivity index (χ0n) is 10.3. The molecule has 7 heteroatoms. The number of hydrogen-bond acceptors (Lipinski definition) is 4. The van der Waals surface area contributed by atoms with Gasteiger partial charge >= 0.3 is 5.97 Å². The van der Waals surface area contributed by atoms with Crippen LogP contribution in [0.1, 0.15) is 39.5 Å². The molecule has 0 aliphatic heterocycles. The summed E-state index contributed by atoms with van der Waals surface area (Å²) in [4.78, 5) is 10.5. The molecule has 0 aromatic carbocycles. The molecule has 0 fully saturated rings. The zero-order chi connectivity index (χ0) is 12.8. The van der Waals surface area contributed by atoms with Gasteiger partial charge in [-0.3, -0.25) is 4.79 Å². The fraction of sp³-hybridized carbons (Fsp3) is 0.900. The molecule has 0 radical (unpaired) electrons. The minimum atomic E-state index is -3.40. The van der Waals surface area contributed by atoms with E-state index in [0.717, 1.165) is 12.8 Å². The Bertz CT molecular complexity index is 312. The minimum absolute atomic E-state index is 0. The number of carbonyl (C=O) groups is 1. The number of sulfone groups is 1. The van der Waals surface area contributed by atoms with Crippen LogP contribution in [0.5, 0.6) is 0 Å². The Morgan fingerprint density at radius 3 is 1.94 bits per heavy atom. The first-order valence-electron chi connectivity index (χ1n) is 5.55. The van der Waals surface area contributed by atoms with Crippen molar-refractivity contribution in [3.05, 3.63) is 0 Å². The van der Waals surface area contributed by atoms with Crippen LogP contribution in [0.2, 0.25) is 0 Å². The lowest BCUT2D eigenvalue weighted by molar-refractivity contribution is -0.137. The van der Waals surface area contributed by atoms with Crippen LogP contribution >= 0.6 is 12.4 Å². The predicted octanol–water partition coefficient (Wildman–Crippen LogP) is 1.20. The molecule has 0 rings (SSSR count). The maximum absolute atomic E-state index is 11.9. The Labute approximate surface area is 109 Å². The van der Waals surface area contributed by atoms with Gasteiger partial charge in [0.2, 0.25) is 0 Å². The van der Waals surface area contributed by atoms with Gasteiger partial charge in [-0.2, -0.15) is 0 Å². The van der Waals surface area contributed by atoms with Crippen LogP contribution in [-0.2, 0) is 14.6 Å². The van der Waals surface area contributed by atoms with Gasteiger partial charge in [0.05, 0.1) is 11.0 Å². The molecular weight excluding hydrogens is 266 g/mol. The van der Waals surface area contributed by atoms with E-state index < -0.39 is 32.9 Å². The van der Waals surface area contributed by atoms with E-state index in [4.69, 9.17) is 10.8 Å². The molecule has 17 heavy (non-hydrogen) atoms. The average molecular weight is 288 g/mol. The second-order valence-corrected chi connectivity index (χ2v) is 6.30. The van der Waals surface area contributed by atoms with E-state index in [1.54, 1.807) is 0 Å². The highest BCUT2D eigenvalue weighted by molar-refractivity contribution is 7.92. The maximum Gasteiger partial charge on any atom is 0.321 e. The van der Waals surface area contributed by atoms with Crippen molar-refractivity contribution in [2.24, 2.45) is 5.73 Å². The van der Waals surface area contributed by atoms with Crippen molar-refractivity contribution < 1.29 is 18.3 Å². The summed E-state index contributed by atoms with van der Waals surface area (Å²) in [6.07, 6.45) is 2.68. The van der Waals surface area contributed by atoms with Crippen molar-refractivity contribution in [3.8, 4) is 0 Å². The van der Waals surface area contributed by atoms with Gasteiger partial charge in [0, 0.05) is 0 Å². The lowest BCUT2D eigenvalue weighted by Gasteiger charge is -2.17. The van der Waals surface area contributed by atoms with Gasteiger partial charge in [0.1, 0.15) is 6.04 Å². The number of hydrogen-bond donors (Lipinski definition) is 2. The molecule has 0 amide bonds. The van der Waals surface area contributed by atoms with Crippen LogP contribution in [0.15, 0.2) is 0 Å². The van der Waals surface area contributed by atoms with Crippen molar-refractivity contribution in [1.82, 2.24) is 0 Å². The predicted molar refractivity (Wildman–Crippen MR) is 70.3 cm³/mol. The Morgan fingerprint density at radius 1 is 1.24 bits per heavy atom. The van der Waals surface area contributed by atoms with Crippen molar-refractivity contribution in [3.63, 3.8) is 0 Å². The fourth-order valence-electron chi connectivity index (χ4n) is 1.61. The first-order chi connectivity index (χ1) is 7.35. The molecule has 0 heterocycles. The summed E-state index contributed by atoms with van der Waals surface area (Å²) in [6, 6.07) is -1.32. The van der Waals surface area contributed by atoms with Crippen LogP contribution in [-0.4, -0.2) is 36.5 Å². The van der Waals surface area contributed by atoms with E-state index in [9.17, 15) is 13.2 Å². The highest BCUT2D eigenvalue weighted by atomic mass is 35.5. The van der Waals surface area contributed by atoms with Gasteiger partial charge < -0.3 is 10.8 Å². The molecule has 0 aliphatic rings. The van der Waals surface area contributed by atoms with Crippen LogP contribution in [0, 0.1) is 0 Å². The fourth-order valence-corrected chi connectivity index (χ4v) is 3.71. The lowest BCUT2D eigenvalue weighted by atomic mass is 10.2. The summed E-state index contributed by atoms with van der Waals surface area (Å²) in [5.41, 5.74) is 5.25. The lowest BCUT2D eigenvalue weighted by Crippen LogP contribution is -2.40. The molecule has 5 nitrogen and oxygen atoms in total. The number of rotatable bonds is 8.